The van der Waals surface area contributed by atoms with Gasteiger partial charge >= 0.3 is 12.0 Å². The number of urea groups is 1. The molecule has 21 heavy (non-hydrogen) atoms. The van der Waals surface area contributed by atoms with E-state index in [2.05, 4.69) is 10.2 Å². The van der Waals surface area contributed by atoms with Gasteiger partial charge in [-0.3, -0.25) is 4.79 Å². The average Bonchev–Trinajstić information content (AvgIpc) is 2.44. The lowest BCUT2D eigenvalue weighted by Crippen LogP contribution is -2.52. The molecule has 0 spiro atoms. The molecule has 0 aromatic carbocycles. The summed E-state index contributed by atoms with van der Waals surface area (Å²) in [5, 5.41) is 11.9. The third-order valence-corrected chi connectivity index (χ3v) is 4.04. The molecule has 2 amide bonds. The molecule has 6 nitrogen and oxygen atoms in total. The van der Waals surface area contributed by atoms with E-state index in [1.54, 1.807) is 0 Å². The van der Waals surface area contributed by atoms with E-state index in [4.69, 9.17) is 5.11 Å². The Kier molecular flexibility index (Phi) is 7.50. The van der Waals surface area contributed by atoms with Crippen LogP contribution in [0.2, 0.25) is 0 Å². The van der Waals surface area contributed by atoms with E-state index in [1.165, 1.54) is 24.2 Å². The Balaban J connectivity index is 2.48. The van der Waals surface area contributed by atoms with Gasteiger partial charge in [0.15, 0.2) is 0 Å². The van der Waals surface area contributed by atoms with Crippen LogP contribution in [0.25, 0.3) is 0 Å². The van der Waals surface area contributed by atoms with Crippen molar-refractivity contribution in [1.82, 2.24) is 15.1 Å². The fraction of sp³-hybridized carbons (Fsp3) is 0.867. The number of carbonyl (C=O) groups excluding carboxylic acids is 1. The Bertz CT molecular complexity index is 343. The fourth-order valence-corrected chi connectivity index (χ4v) is 2.66. The van der Waals surface area contributed by atoms with Crippen LogP contribution in [0.5, 0.6) is 0 Å². The molecular formula is C15H29N3O3. The first kappa shape index (κ1) is 17.8. The van der Waals surface area contributed by atoms with Crippen LogP contribution in [0.15, 0.2) is 0 Å². The van der Waals surface area contributed by atoms with E-state index < -0.39 is 5.97 Å². The van der Waals surface area contributed by atoms with Crippen LogP contribution in [0.1, 0.15) is 46.5 Å². The lowest BCUT2D eigenvalue weighted by Gasteiger charge is -2.32. The van der Waals surface area contributed by atoms with Crippen LogP contribution < -0.4 is 5.32 Å². The summed E-state index contributed by atoms with van der Waals surface area (Å²) in [6.07, 6.45) is 4.47. The lowest BCUT2D eigenvalue weighted by atomic mass is 10.1. The third kappa shape index (κ3) is 6.33. The molecule has 0 radical (unpaired) electrons. The molecule has 0 aromatic rings. The number of hydrogen-bond acceptors (Lipinski definition) is 3. The topological polar surface area (TPSA) is 72.9 Å². The lowest BCUT2D eigenvalue weighted by molar-refractivity contribution is -0.138. The molecule has 1 aliphatic rings. The molecule has 0 saturated carbocycles. The van der Waals surface area contributed by atoms with E-state index in [0.29, 0.717) is 0 Å². The van der Waals surface area contributed by atoms with Crippen LogP contribution in [0, 0.1) is 0 Å². The second-order valence-electron chi connectivity index (χ2n) is 5.99. The number of piperidine rings is 1. The van der Waals surface area contributed by atoms with Gasteiger partial charge in [0.25, 0.3) is 0 Å². The molecule has 0 aromatic heterocycles. The Morgan fingerprint density at radius 3 is 2.38 bits per heavy atom. The molecule has 1 fully saturated rings. The van der Waals surface area contributed by atoms with Crippen LogP contribution in [-0.4, -0.2) is 65.2 Å². The standard InChI is InChI=1S/C15H29N3O3/c1-4-13(3)18(11-14(19)20)15(21)16-12(2)10-17-8-6-5-7-9-17/h12-13H,4-11H2,1-3H3,(H,16,21)(H,19,20). The van der Waals surface area contributed by atoms with Gasteiger partial charge < -0.3 is 20.2 Å². The number of carboxylic acid groups (broad SMARTS) is 1. The summed E-state index contributed by atoms with van der Waals surface area (Å²) in [6, 6.07) is -0.338. The van der Waals surface area contributed by atoms with Gasteiger partial charge in [-0.1, -0.05) is 13.3 Å². The van der Waals surface area contributed by atoms with Crippen molar-refractivity contribution >= 4 is 12.0 Å². The van der Waals surface area contributed by atoms with Gasteiger partial charge in [0, 0.05) is 18.6 Å². The number of nitrogens with zero attached hydrogens (tertiary/aromatic N) is 2. The van der Waals surface area contributed by atoms with Crippen molar-refractivity contribution in [2.75, 3.05) is 26.2 Å². The zero-order chi connectivity index (χ0) is 15.8. The summed E-state index contributed by atoms with van der Waals surface area (Å²) in [7, 11) is 0. The number of aliphatic carboxylic acids is 1. The van der Waals surface area contributed by atoms with Crippen molar-refractivity contribution in [2.45, 2.75) is 58.5 Å². The first-order chi connectivity index (χ1) is 9.93. The van der Waals surface area contributed by atoms with Gasteiger partial charge in [0.2, 0.25) is 0 Å². The van der Waals surface area contributed by atoms with Crippen molar-refractivity contribution in [2.24, 2.45) is 0 Å². The largest absolute Gasteiger partial charge is 0.480 e. The fourth-order valence-electron chi connectivity index (χ4n) is 2.66. The molecule has 0 aliphatic carbocycles. The molecule has 1 saturated heterocycles. The van der Waals surface area contributed by atoms with Gasteiger partial charge in [-0.2, -0.15) is 0 Å². The minimum Gasteiger partial charge on any atom is -0.480 e. The highest BCUT2D eigenvalue weighted by Gasteiger charge is 2.23. The zero-order valence-corrected chi connectivity index (χ0v) is 13.5. The van der Waals surface area contributed by atoms with Crippen molar-refractivity contribution in [3.8, 4) is 0 Å². The highest BCUT2D eigenvalue weighted by Crippen LogP contribution is 2.09. The second kappa shape index (κ2) is 8.87. The molecule has 2 unspecified atom stereocenters. The third-order valence-electron chi connectivity index (χ3n) is 4.04. The predicted octanol–water partition coefficient (Wildman–Crippen LogP) is 1.76. The first-order valence-corrected chi connectivity index (χ1v) is 7.95. The summed E-state index contributed by atoms with van der Waals surface area (Å²) in [4.78, 5) is 26.9. The summed E-state index contributed by atoms with van der Waals surface area (Å²) < 4.78 is 0. The predicted molar refractivity (Wildman–Crippen MR) is 82.4 cm³/mol. The molecule has 1 heterocycles. The second-order valence-corrected chi connectivity index (χ2v) is 5.99. The van der Waals surface area contributed by atoms with Crippen molar-refractivity contribution in [1.29, 1.82) is 0 Å². The quantitative estimate of drug-likeness (QED) is 0.751. The highest BCUT2D eigenvalue weighted by molar-refractivity contribution is 5.80. The monoisotopic (exact) mass is 299 g/mol. The van der Waals surface area contributed by atoms with E-state index in [0.717, 1.165) is 26.1 Å². The molecule has 6 heteroatoms. The van der Waals surface area contributed by atoms with Crippen LogP contribution in [0.3, 0.4) is 0 Å². The van der Waals surface area contributed by atoms with Crippen LogP contribution in [-0.2, 0) is 4.79 Å². The van der Waals surface area contributed by atoms with Gasteiger partial charge in [-0.15, -0.1) is 0 Å². The maximum Gasteiger partial charge on any atom is 0.323 e. The van der Waals surface area contributed by atoms with E-state index >= 15 is 0 Å². The van der Waals surface area contributed by atoms with Gasteiger partial charge in [0.05, 0.1) is 0 Å². The Hall–Kier alpha value is -1.30. The number of rotatable bonds is 7. The smallest absolute Gasteiger partial charge is 0.323 e. The average molecular weight is 299 g/mol. The summed E-state index contributed by atoms with van der Waals surface area (Å²) in [6.45, 7) is 8.54. The van der Waals surface area contributed by atoms with Crippen molar-refractivity contribution < 1.29 is 14.7 Å². The molecule has 122 valence electrons. The minimum absolute atomic E-state index is 0.0240. The van der Waals surface area contributed by atoms with E-state index in [9.17, 15) is 9.59 Å². The van der Waals surface area contributed by atoms with Crippen molar-refractivity contribution in [3.63, 3.8) is 0 Å². The minimum atomic E-state index is -0.978. The van der Waals surface area contributed by atoms with E-state index in [1.807, 2.05) is 20.8 Å². The van der Waals surface area contributed by atoms with E-state index in [-0.39, 0.29) is 24.7 Å². The maximum absolute atomic E-state index is 12.3. The first-order valence-electron chi connectivity index (χ1n) is 7.95. The number of carboxylic acids is 1. The Labute approximate surface area is 127 Å². The van der Waals surface area contributed by atoms with Crippen molar-refractivity contribution in [3.05, 3.63) is 0 Å². The number of carbonyl (C=O) groups is 2. The zero-order valence-electron chi connectivity index (χ0n) is 13.5. The number of amides is 2. The van der Waals surface area contributed by atoms with Crippen LogP contribution >= 0.6 is 0 Å². The molecular weight excluding hydrogens is 270 g/mol. The highest BCUT2D eigenvalue weighted by atomic mass is 16.4. The molecule has 0 bridgehead atoms. The number of likely N-dealkylation sites (tertiary alicyclic amines) is 1. The van der Waals surface area contributed by atoms with Gasteiger partial charge in [-0.25, -0.2) is 4.79 Å². The normalized spacial score (nSPS) is 18.8. The maximum atomic E-state index is 12.3. The summed E-state index contributed by atoms with van der Waals surface area (Å²) in [5.41, 5.74) is 0. The Morgan fingerprint density at radius 2 is 1.86 bits per heavy atom. The van der Waals surface area contributed by atoms with Gasteiger partial charge in [0.1, 0.15) is 6.54 Å². The summed E-state index contributed by atoms with van der Waals surface area (Å²) in [5.74, 6) is -0.978. The van der Waals surface area contributed by atoms with Crippen LogP contribution in [0.4, 0.5) is 4.79 Å². The molecule has 2 atom stereocenters. The number of hydrogen-bond donors (Lipinski definition) is 2. The Morgan fingerprint density at radius 1 is 1.24 bits per heavy atom. The summed E-state index contributed by atoms with van der Waals surface area (Å²) >= 11 is 0. The number of nitrogens with one attached hydrogen (secondary N) is 1. The molecule has 2 N–H and O–H groups in total. The molecule has 1 rings (SSSR count). The molecule has 1 aliphatic heterocycles. The SMILES string of the molecule is CCC(C)N(CC(=O)O)C(=O)NC(C)CN1CCCCC1. The van der Waals surface area contributed by atoms with Gasteiger partial charge in [-0.05, 0) is 46.2 Å².